The van der Waals surface area contributed by atoms with E-state index in [-0.39, 0.29) is 24.8 Å². The lowest BCUT2D eigenvalue weighted by molar-refractivity contribution is -0.116. The minimum Gasteiger partial charge on any atom is -0.345 e. The Morgan fingerprint density at radius 2 is 2.06 bits per heavy atom. The fourth-order valence-corrected chi connectivity index (χ4v) is 1.52. The fourth-order valence-electron chi connectivity index (χ4n) is 1.36. The SMILES string of the molecule is CN(C)C(=O)c1ccc(Cl)c(NC(=O)CCN)c1. The van der Waals surface area contributed by atoms with Crippen LogP contribution in [0.25, 0.3) is 0 Å². The molecule has 5 nitrogen and oxygen atoms in total. The Kier molecular flexibility index (Phi) is 5.12. The van der Waals surface area contributed by atoms with Gasteiger partial charge in [0.1, 0.15) is 0 Å². The van der Waals surface area contributed by atoms with Gasteiger partial charge in [0.25, 0.3) is 5.91 Å². The molecular weight excluding hydrogens is 254 g/mol. The Labute approximate surface area is 111 Å². The number of hydrogen-bond donors (Lipinski definition) is 2. The molecule has 0 radical (unpaired) electrons. The predicted molar refractivity (Wildman–Crippen MR) is 71.8 cm³/mol. The molecule has 6 heteroatoms. The second-order valence-electron chi connectivity index (χ2n) is 3.98. The zero-order valence-corrected chi connectivity index (χ0v) is 11.1. The van der Waals surface area contributed by atoms with Gasteiger partial charge in [-0.05, 0) is 18.2 Å². The maximum atomic E-state index is 11.8. The highest BCUT2D eigenvalue weighted by molar-refractivity contribution is 6.33. The van der Waals surface area contributed by atoms with Gasteiger partial charge in [0.2, 0.25) is 5.91 Å². The molecule has 0 aliphatic carbocycles. The van der Waals surface area contributed by atoms with Crippen molar-refractivity contribution in [2.24, 2.45) is 5.73 Å². The number of carbonyl (C=O) groups excluding carboxylic acids is 2. The summed E-state index contributed by atoms with van der Waals surface area (Å²) < 4.78 is 0. The first-order valence-corrected chi connectivity index (χ1v) is 5.84. The van der Waals surface area contributed by atoms with E-state index >= 15 is 0 Å². The summed E-state index contributed by atoms with van der Waals surface area (Å²) in [5.41, 5.74) is 6.17. The van der Waals surface area contributed by atoms with Crippen LogP contribution in [-0.4, -0.2) is 37.4 Å². The standard InChI is InChI=1S/C12H16ClN3O2/c1-16(2)12(18)8-3-4-9(13)10(7-8)15-11(17)5-6-14/h3-4,7H,5-6,14H2,1-2H3,(H,15,17). The highest BCUT2D eigenvalue weighted by Crippen LogP contribution is 2.23. The van der Waals surface area contributed by atoms with E-state index in [1.54, 1.807) is 32.3 Å². The Balaban J connectivity index is 2.94. The third-order valence-corrected chi connectivity index (χ3v) is 2.59. The monoisotopic (exact) mass is 269 g/mol. The van der Waals surface area contributed by atoms with E-state index in [0.29, 0.717) is 16.3 Å². The van der Waals surface area contributed by atoms with Crippen molar-refractivity contribution in [1.29, 1.82) is 0 Å². The van der Waals surface area contributed by atoms with Crippen molar-refractivity contribution < 1.29 is 9.59 Å². The first-order chi connectivity index (χ1) is 8.45. The summed E-state index contributed by atoms with van der Waals surface area (Å²) in [6.45, 7) is 0.264. The molecule has 0 aliphatic heterocycles. The molecule has 0 saturated carbocycles. The van der Waals surface area contributed by atoms with E-state index in [0.717, 1.165) is 0 Å². The molecule has 1 aromatic carbocycles. The Bertz CT molecular complexity index is 461. The summed E-state index contributed by atoms with van der Waals surface area (Å²) in [6, 6.07) is 4.75. The van der Waals surface area contributed by atoms with Gasteiger partial charge in [-0.2, -0.15) is 0 Å². The van der Waals surface area contributed by atoms with Gasteiger partial charge in [-0.15, -0.1) is 0 Å². The van der Waals surface area contributed by atoms with Crippen LogP contribution in [0.5, 0.6) is 0 Å². The van der Waals surface area contributed by atoms with Crippen LogP contribution in [0.3, 0.4) is 0 Å². The largest absolute Gasteiger partial charge is 0.345 e. The summed E-state index contributed by atoms with van der Waals surface area (Å²) in [5, 5.41) is 3.01. The minimum atomic E-state index is -0.228. The Hall–Kier alpha value is -1.59. The number of hydrogen-bond acceptors (Lipinski definition) is 3. The van der Waals surface area contributed by atoms with Crippen LogP contribution in [-0.2, 0) is 4.79 Å². The van der Waals surface area contributed by atoms with Gasteiger partial charge in [0.15, 0.2) is 0 Å². The van der Waals surface area contributed by atoms with Crippen molar-refractivity contribution in [2.45, 2.75) is 6.42 Å². The molecule has 0 fully saturated rings. The quantitative estimate of drug-likeness (QED) is 0.866. The number of carbonyl (C=O) groups is 2. The summed E-state index contributed by atoms with van der Waals surface area (Å²) in [4.78, 5) is 24.7. The van der Waals surface area contributed by atoms with Gasteiger partial charge in [0.05, 0.1) is 10.7 Å². The number of nitrogens with one attached hydrogen (secondary N) is 1. The smallest absolute Gasteiger partial charge is 0.253 e. The van der Waals surface area contributed by atoms with E-state index in [2.05, 4.69) is 5.32 Å². The topological polar surface area (TPSA) is 75.4 Å². The van der Waals surface area contributed by atoms with Gasteiger partial charge in [-0.1, -0.05) is 11.6 Å². The molecule has 0 unspecified atom stereocenters. The number of benzene rings is 1. The van der Waals surface area contributed by atoms with Crippen molar-refractivity contribution in [3.63, 3.8) is 0 Å². The molecular formula is C12H16ClN3O2. The normalized spacial score (nSPS) is 10.0. The molecule has 98 valence electrons. The van der Waals surface area contributed by atoms with Gasteiger partial charge < -0.3 is 16.0 Å². The van der Waals surface area contributed by atoms with Crippen LogP contribution in [0.15, 0.2) is 18.2 Å². The molecule has 0 bridgehead atoms. The van der Waals surface area contributed by atoms with Crippen molar-refractivity contribution in [1.82, 2.24) is 4.90 Å². The molecule has 1 aromatic rings. The molecule has 0 aliphatic rings. The van der Waals surface area contributed by atoms with Crippen LogP contribution in [0.2, 0.25) is 5.02 Å². The van der Waals surface area contributed by atoms with Crippen LogP contribution in [0.4, 0.5) is 5.69 Å². The first-order valence-electron chi connectivity index (χ1n) is 5.47. The molecule has 1 rings (SSSR count). The van der Waals surface area contributed by atoms with Crippen molar-refractivity contribution in [3.05, 3.63) is 28.8 Å². The summed E-state index contributed by atoms with van der Waals surface area (Å²) in [7, 11) is 3.31. The van der Waals surface area contributed by atoms with E-state index in [9.17, 15) is 9.59 Å². The summed E-state index contributed by atoms with van der Waals surface area (Å²) in [5.74, 6) is -0.380. The lowest BCUT2D eigenvalue weighted by atomic mass is 10.1. The van der Waals surface area contributed by atoms with Crippen LogP contribution in [0.1, 0.15) is 16.8 Å². The molecule has 0 atom stereocenters. The fraction of sp³-hybridized carbons (Fsp3) is 0.333. The minimum absolute atomic E-state index is 0.152. The number of rotatable bonds is 4. The molecule has 0 aromatic heterocycles. The maximum Gasteiger partial charge on any atom is 0.253 e. The first kappa shape index (κ1) is 14.5. The molecule has 0 spiro atoms. The van der Waals surface area contributed by atoms with E-state index < -0.39 is 0 Å². The zero-order valence-electron chi connectivity index (χ0n) is 10.4. The number of nitrogens with two attached hydrogens (primary N) is 1. The lowest BCUT2D eigenvalue weighted by Crippen LogP contribution is -2.22. The third kappa shape index (κ3) is 3.72. The second kappa shape index (κ2) is 6.37. The third-order valence-electron chi connectivity index (χ3n) is 2.26. The molecule has 0 saturated heterocycles. The van der Waals surface area contributed by atoms with Crippen LogP contribution in [0, 0.1) is 0 Å². The summed E-state index contributed by atoms with van der Waals surface area (Å²) in [6.07, 6.45) is 0.210. The van der Waals surface area contributed by atoms with Gasteiger partial charge >= 0.3 is 0 Å². The highest BCUT2D eigenvalue weighted by Gasteiger charge is 2.12. The lowest BCUT2D eigenvalue weighted by Gasteiger charge is -2.12. The van der Waals surface area contributed by atoms with Crippen molar-refractivity contribution in [2.75, 3.05) is 26.0 Å². The summed E-state index contributed by atoms with van der Waals surface area (Å²) >= 11 is 5.95. The predicted octanol–water partition coefficient (Wildman–Crippen LogP) is 1.33. The molecule has 18 heavy (non-hydrogen) atoms. The van der Waals surface area contributed by atoms with Crippen LogP contribution < -0.4 is 11.1 Å². The maximum absolute atomic E-state index is 11.8. The highest BCUT2D eigenvalue weighted by atomic mass is 35.5. The van der Waals surface area contributed by atoms with Crippen LogP contribution >= 0.6 is 11.6 Å². The Morgan fingerprint density at radius 3 is 2.61 bits per heavy atom. The molecule has 3 N–H and O–H groups in total. The number of halogens is 1. The number of amides is 2. The van der Waals surface area contributed by atoms with E-state index in [1.165, 1.54) is 4.90 Å². The molecule has 0 heterocycles. The Morgan fingerprint density at radius 1 is 1.39 bits per heavy atom. The van der Waals surface area contributed by atoms with Gasteiger partial charge in [-0.3, -0.25) is 9.59 Å². The van der Waals surface area contributed by atoms with Gasteiger partial charge in [-0.25, -0.2) is 0 Å². The number of anilines is 1. The average molecular weight is 270 g/mol. The van der Waals surface area contributed by atoms with Crippen molar-refractivity contribution >= 4 is 29.1 Å². The van der Waals surface area contributed by atoms with Crippen molar-refractivity contribution in [3.8, 4) is 0 Å². The molecule has 2 amide bonds. The zero-order chi connectivity index (χ0) is 13.7. The van der Waals surface area contributed by atoms with Gasteiger partial charge in [0, 0.05) is 32.6 Å². The number of nitrogens with zero attached hydrogens (tertiary/aromatic N) is 1. The average Bonchev–Trinajstić information content (AvgIpc) is 2.31. The van der Waals surface area contributed by atoms with E-state index in [1.807, 2.05) is 0 Å². The van der Waals surface area contributed by atoms with E-state index in [4.69, 9.17) is 17.3 Å². The second-order valence-corrected chi connectivity index (χ2v) is 4.39.